The van der Waals surface area contributed by atoms with Crippen LogP contribution in [0.25, 0.3) is 0 Å². The summed E-state index contributed by atoms with van der Waals surface area (Å²) in [4.78, 5) is 25.5. The van der Waals surface area contributed by atoms with Crippen LogP contribution in [0.2, 0.25) is 0 Å². The van der Waals surface area contributed by atoms with Crippen LogP contribution in [-0.4, -0.2) is 79.8 Å². The molecule has 4 unspecified atom stereocenters. The van der Waals surface area contributed by atoms with Gasteiger partial charge in [0.05, 0.1) is 39.9 Å². The van der Waals surface area contributed by atoms with Crippen LogP contribution >= 0.6 is 7.82 Å². The lowest BCUT2D eigenvalue weighted by Crippen LogP contribution is -2.51. The lowest BCUT2D eigenvalue weighted by Gasteiger charge is -2.31. The first kappa shape index (κ1) is 64.6. The van der Waals surface area contributed by atoms with Crippen LogP contribution in [0.15, 0.2) is 85.1 Å². The SMILES string of the molecule is CC/C=C\C/C=C\C/C=C\C/C=C\C/C=C\C/C=C\C/C=C\CCCCCCCCCCCC(=O)NC(COP(=O)([O-])OCC[N+](C)(C)C)C(O)C(O)CCCCCCCCCCCCCC. The summed E-state index contributed by atoms with van der Waals surface area (Å²) in [6.07, 6.45) is 62.0. The zero-order valence-electron chi connectivity index (χ0n) is 43.7. The molecule has 388 valence electrons. The Balaban J connectivity index is 4.25. The number of aliphatic hydroxyl groups excluding tert-OH is 2. The molecule has 4 atom stereocenters. The van der Waals surface area contributed by atoms with E-state index in [1.807, 2.05) is 21.1 Å². The van der Waals surface area contributed by atoms with Crippen molar-refractivity contribution < 1.29 is 38.0 Å². The Morgan fingerprint density at radius 1 is 0.552 bits per heavy atom. The minimum absolute atomic E-state index is 0.0458. The van der Waals surface area contributed by atoms with Crippen molar-refractivity contribution in [3.05, 3.63) is 85.1 Å². The van der Waals surface area contributed by atoms with Gasteiger partial charge in [-0.1, -0.05) is 221 Å². The molecule has 9 nitrogen and oxygen atoms in total. The fourth-order valence-electron chi connectivity index (χ4n) is 7.47. The molecule has 0 saturated heterocycles. The number of allylic oxidation sites excluding steroid dienone is 14. The molecule has 0 aromatic heterocycles. The highest BCUT2D eigenvalue weighted by atomic mass is 31.2. The van der Waals surface area contributed by atoms with Gasteiger partial charge in [0.25, 0.3) is 7.82 Å². The van der Waals surface area contributed by atoms with Crippen LogP contribution in [0, 0.1) is 0 Å². The van der Waals surface area contributed by atoms with E-state index in [1.54, 1.807) is 0 Å². The molecule has 1 amide bonds. The molecule has 0 aromatic rings. The first-order chi connectivity index (χ1) is 32.4. The number of nitrogens with zero attached hydrogens (tertiary/aromatic N) is 1. The molecule has 0 fully saturated rings. The average molecular weight is 959 g/mol. The second kappa shape index (κ2) is 47.3. The van der Waals surface area contributed by atoms with E-state index in [2.05, 4.69) is 104 Å². The van der Waals surface area contributed by atoms with Gasteiger partial charge in [-0.05, 0) is 70.6 Å². The Kier molecular flexibility index (Phi) is 45.7. The first-order valence-electron chi connectivity index (χ1n) is 27.0. The predicted molar refractivity (Wildman–Crippen MR) is 285 cm³/mol. The summed E-state index contributed by atoms with van der Waals surface area (Å²) < 4.78 is 23.2. The fourth-order valence-corrected chi connectivity index (χ4v) is 8.19. The van der Waals surface area contributed by atoms with Crippen LogP contribution in [0.1, 0.15) is 213 Å². The third-order valence-corrected chi connectivity index (χ3v) is 12.7. The molecule has 0 radical (unpaired) electrons. The van der Waals surface area contributed by atoms with E-state index < -0.39 is 32.7 Å². The number of hydrogen-bond acceptors (Lipinski definition) is 7. The molecule has 67 heavy (non-hydrogen) atoms. The number of quaternary nitrogens is 1. The highest BCUT2D eigenvalue weighted by molar-refractivity contribution is 7.45. The van der Waals surface area contributed by atoms with Gasteiger partial charge in [-0.25, -0.2) is 0 Å². The average Bonchev–Trinajstić information content (AvgIpc) is 3.29. The van der Waals surface area contributed by atoms with Gasteiger partial charge in [0.2, 0.25) is 5.91 Å². The van der Waals surface area contributed by atoms with Gasteiger partial charge in [0.1, 0.15) is 19.3 Å². The Labute approximate surface area is 412 Å². The Morgan fingerprint density at radius 3 is 1.37 bits per heavy atom. The van der Waals surface area contributed by atoms with Crippen LogP contribution < -0.4 is 10.2 Å². The zero-order chi connectivity index (χ0) is 49.4. The topological polar surface area (TPSA) is 128 Å². The first-order valence-corrected chi connectivity index (χ1v) is 28.5. The van der Waals surface area contributed by atoms with Gasteiger partial charge in [-0.15, -0.1) is 0 Å². The third kappa shape index (κ3) is 48.5. The molecular weight excluding hydrogens is 856 g/mol. The number of unbranched alkanes of at least 4 members (excludes halogenated alkanes) is 20. The number of carbonyl (C=O) groups excluding carboxylic acids is 1. The summed E-state index contributed by atoms with van der Waals surface area (Å²) in [5, 5.41) is 24.7. The van der Waals surface area contributed by atoms with E-state index in [0.29, 0.717) is 23.9 Å². The number of phosphoric acid groups is 1. The number of likely N-dealkylation sites (N-methyl/N-ethyl adjacent to an activating group) is 1. The number of rotatable bonds is 48. The number of phosphoric ester groups is 1. The summed E-state index contributed by atoms with van der Waals surface area (Å²) in [5.41, 5.74) is 0. The van der Waals surface area contributed by atoms with Crippen LogP contribution in [0.3, 0.4) is 0 Å². The number of hydrogen-bond donors (Lipinski definition) is 3. The summed E-state index contributed by atoms with van der Waals surface area (Å²) >= 11 is 0. The maximum atomic E-state index is 13.0. The van der Waals surface area contributed by atoms with E-state index in [0.717, 1.165) is 89.9 Å². The number of nitrogens with one attached hydrogen (secondary N) is 1. The van der Waals surface area contributed by atoms with Gasteiger partial charge in [0, 0.05) is 6.42 Å². The van der Waals surface area contributed by atoms with Crippen molar-refractivity contribution in [3.8, 4) is 0 Å². The van der Waals surface area contributed by atoms with Crippen LogP contribution in [0.5, 0.6) is 0 Å². The third-order valence-electron chi connectivity index (χ3n) is 11.7. The van der Waals surface area contributed by atoms with Gasteiger partial charge in [0.15, 0.2) is 0 Å². The summed E-state index contributed by atoms with van der Waals surface area (Å²) in [7, 11) is 1.11. The van der Waals surface area contributed by atoms with E-state index in [-0.39, 0.29) is 18.9 Å². The molecule has 0 aliphatic rings. The van der Waals surface area contributed by atoms with Gasteiger partial charge in [-0.3, -0.25) is 9.36 Å². The van der Waals surface area contributed by atoms with E-state index in [1.165, 1.54) is 89.9 Å². The van der Waals surface area contributed by atoms with Crippen molar-refractivity contribution in [3.63, 3.8) is 0 Å². The van der Waals surface area contributed by atoms with Gasteiger partial charge in [-0.2, -0.15) is 0 Å². The number of aliphatic hydroxyl groups is 2. The number of amides is 1. The minimum atomic E-state index is -4.68. The fraction of sp³-hybridized carbons (Fsp3) is 0.737. The molecular formula is C57H103N2O7P. The Hall–Kier alpha value is -2.36. The van der Waals surface area contributed by atoms with Crippen molar-refractivity contribution in [1.29, 1.82) is 0 Å². The highest BCUT2D eigenvalue weighted by Gasteiger charge is 2.29. The molecule has 10 heteroatoms. The predicted octanol–water partition coefficient (Wildman–Crippen LogP) is 14.4. The Bertz CT molecular complexity index is 1380. The molecule has 0 aromatic carbocycles. The summed E-state index contributed by atoms with van der Waals surface area (Å²) in [6.45, 7) is 4.31. The van der Waals surface area contributed by atoms with E-state index in [4.69, 9.17) is 9.05 Å². The van der Waals surface area contributed by atoms with E-state index >= 15 is 0 Å². The van der Waals surface area contributed by atoms with Crippen molar-refractivity contribution in [2.45, 2.75) is 231 Å². The molecule has 0 rings (SSSR count). The molecule has 0 bridgehead atoms. The normalized spacial score (nSPS) is 15.2. The Morgan fingerprint density at radius 2 is 0.940 bits per heavy atom. The second-order valence-corrected chi connectivity index (χ2v) is 20.8. The van der Waals surface area contributed by atoms with Crippen molar-refractivity contribution in [1.82, 2.24) is 5.32 Å². The van der Waals surface area contributed by atoms with Crippen molar-refractivity contribution in [2.75, 3.05) is 40.9 Å². The van der Waals surface area contributed by atoms with Crippen LogP contribution in [-0.2, 0) is 18.4 Å². The maximum Gasteiger partial charge on any atom is 0.268 e. The molecule has 0 saturated carbocycles. The quantitative estimate of drug-likeness (QED) is 0.0240. The largest absolute Gasteiger partial charge is 0.756 e. The molecule has 0 spiro atoms. The van der Waals surface area contributed by atoms with E-state index in [9.17, 15) is 24.5 Å². The lowest BCUT2D eigenvalue weighted by atomic mass is 9.99. The molecule has 0 aliphatic carbocycles. The zero-order valence-corrected chi connectivity index (χ0v) is 44.6. The van der Waals surface area contributed by atoms with Gasteiger partial charge >= 0.3 is 0 Å². The summed E-state index contributed by atoms with van der Waals surface area (Å²) in [5.74, 6) is -0.289. The van der Waals surface area contributed by atoms with Crippen molar-refractivity contribution in [2.24, 2.45) is 0 Å². The molecule has 0 heterocycles. The summed E-state index contributed by atoms with van der Waals surface area (Å²) in [6, 6.07) is -1.08. The van der Waals surface area contributed by atoms with Crippen molar-refractivity contribution >= 4 is 13.7 Å². The smallest absolute Gasteiger partial charge is 0.268 e. The van der Waals surface area contributed by atoms with Crippen LogP contribution in [0.4, 0.5) is 0 Å². The number of carbonyl (C=O) groups is 1. The monoisotopic (exact) mass is 959 g/mol. The minimum Gasteiger partial charge on any atom is -0.756 e. The molecule has 3 N–H and O–H groups in total. The van der Waals surface area contributed by atoms with Gasteiger partial charge < -0.3 is 34.0 Å². The maximum absolute atomic E-state index is 13.0. The second-order valence-electron chi connectivity index (χ2n) is 19.3. The standard InChI is InChI=1S/C57H103N2O7P/c1-6-8-10-12-14-16-18-20-21-22-23-24-25-26-27-28-29-30-31-32-33-34-35-36-37-38-40-42-44-46-48-50-56(61)58-54(53-66-67(63,64)65-52-51-59(3,4)5)57(62)55(60)49-47-45-43-41-39-19-17-15-13-11-9-7-2/h8,10,14,16,20-21,23-24,26-27,29-30,32-33,54-55,57,60,62H,6-7,9,11-13,15,17-19,22,25,28,31,34-53H2,1-5H3,(H-,58,61,63,64)/b10-8-,16-14-,21-20-,24-23-,27-26-,30-29-,33-32-. The molecule has 0 aliphatic heterocycles. The highest BCUT2D eigenvalue weighted by Crippen LogP contribution is 2.38. The lowest BCUT2D eigenvalue weighted by molar-refractivity contribution is -0.870.